The molecule has 1 heterocycles. The highest BCUT2D eigenvalue weighted by Gasteiger charge is 2.42. The highest BCUT2D eigenvalue weighted by molar-refractivity contribution is 5.33. The van der Waals surface area contributed by atoms with Crippen LogP contribution in [-0.2, 0) is 11.8 Å². The maximum absolute atomic E-state index is 3.70. The minimum atomic E-state index is -0.0505. The molecule has 2 heteroatoms. The van der Waals surface area contributed by atoms with Gasteiger partial charge in [-0.15, -0.1) is 0 Å². The van der Waals surface area contributed by atoms with Crippen LogP contribution in [0.5, 0.6) is 0 Å². The number of aromatic amines is 1. The summed E-state index contributed by atoms with van der Waals surface area (Å²) in [6, 6.07) is 33.0. The quantitative estimate of drug-likeness (QED) is 0.126. The summed E-state index contributed by atoms with van der Waals surface area (Å²) in [5.74, 6) is 1.65. The number of imidazole rings is 1. The summed E-state index contributed by atoms with van der Waals surface area (Å²) < 4.78 is 2.38. The first-order valence-corrected chi connectivity index (χ1v) is 14.5. The predicted molar refractivity (Wildman–Crippen MR) is 156 cm³/mol. The van der Waals surface area contributed by atoms with Crippen molar-refractivity contribution in [1.29, 1.82) is 0 Å². The molecule has 37 heavy (non-hydrogen) atoms. The van der Waals surface area contributed by atoms with E-state index in [9.17, 15) is 0 Å². The van der Waals surface area contributed by atoms with E-state index in [2.05, 4.69) is 127 Å². The molecule has 0 saturated heterocycles. The van der Waals surface area contributed by atoms with E-state index in [1.54, 1.807) is 0 Å². The van der Waals surface area contributed by atoms with Crippen molar-refractivity contribution in [1.82, 2.24) is 4.98 Å². The number of unbranched alkanes of at least 4 members (excludes halogenated alkanes) is 7. The molecule has 0 bridgehead atoms. The van der Waals surface area contributed by atoms with E-state index in [-0.39, 0.29) is 5.41 Å². The molecular formula is C35H45N2+. The molecule has 0 fully saturated rings. The molecule has 0 saturated carbocycles. The van der Waals surface area contributed by atoms with Crippen LogP contribution in [0.2, 0.25) is 0 Å². The van der Waals surface area contributed by atoms with Gasteiger partial charge in [0.05, 0.1) is 5.92 Å². The van der Waals surface area contributed by atoms with Crippen LogP contribution in [-0.4, -0.2) is 4.98 Å². The van der Waals surface area contributed by atoms with E-state index in [1.807, 2.05) is 0 Å². The number of aromatic nitrogens is 2. The lowest BCUT2D eigenvalue weighted by molar-refractivity contribution is -0.605. The van der Waals surface area contributed by atoms with Gasteiger partial charge in [0.1, 0.15) is 18.1 Å². The molecule has 0 spiro atoms. The first-order valence-electron chi connectivity index (χ1n) is 14.5. The van der Waals surface area contributed by atoms with E-state index in [1.165, 1.54) is 80.4 Å². The molecule has 194 valence electrons. The van der Waals surface area contributed by atoms with E-state index in [0.29, 0.717) is 5.92 Å². The van der Waals surface area contributed by atoms with Gasteiger partial charge < -0.3 is 0 Å². The molecule has 2 unspecified atom stereocenters. The lowest BCUT2D eigenvalue weighted by Gasteiger charge is -2.37. The highest BCUT2D eigenvalue weighted by Crippen LogP contribution is 2.43. The van der Waals surface area contributed by atoms with Crippen LogP contribution in [0.4, 0.5) is 0 Å². The Morgan fingerprint density at radius 2 is 1.27 bits per heavy atom. The molecule has 0 radical (unpaired) electrons. The summed E-state index contributed by atoms with van der Waals surface area (Å²) in [5, 5.41) is 0. The molecule has 0 aliphatic rings. The fourth-order valence-electron chi connectivity index (χ4n) is 5.93. The summed E-state index contributed by atoms with van der Waals surface area (Å²) in [7, 11) is 0. The third-order valence-corrected chi connectivity index (χ3v) is 8.04. The Bertz CT molecular complexity index is 1150. The molecule has 0 aliphatic carbocycles. The van der Waals surface area contributed by atoms with Gasteiger partial charge >= 0.3 is 0 Å². The van der Waals surface area contributed by atoms with Gasteiger partial charge in [0.15, 0.2) is 0 Å². The topological polar surface area (TPSA) is 19.7 Å². The Hall–Kier alpha value is -3.13. The largest absolute Gasteiger partial charge is 0.263 e. The van der Waals surface area contributed by atoms with Gasteiger partial charge in [0.2, 0.25) is 0 Å². The van der Waals surface area contributed by atoms with Gasteiger partial charge in [-0.05, 0) is 36.1 Å². The van der Waals surface area contributed by atoms with Crippen molar-refractivity contribution in [3.8, 4) is 5.69 Å². The average Bonchev–Trinajstić information content (AvgIpc) is 3.43. The standard InChI is InChI=1S/C35H44N2/c1-3-4-5-6-7-8-9-19-26-33(34-36-27-28-37(34)32-24-17-12-18-25-32)35(2,31-22-15-11-16-23-31)29-30-20-13-10-14-21-30/h10-18,20-25,27-28,33H,3-9,19,26,29H2,1-2H3/p+1. The zero-order chi connectivity index (χ0) is 25.8. The first kappa shape index (κ1) is 26.9. The number of benzene rings is 3. The summed E-state index contributed by atoms with van der Waals surface area (Å²) in [4.78, 5) is 3.70. The smallest absolute Gasteiger partial charge is 0.247 e. The molecule has 1 N–H and O–H groups in total. The van der Waals surface area contributed by atoms with Crippen molar-refractivity contribution in [2.24, 2.45) is 0 Å². The third kappa shape index (κ3) is 7.22. The Morgan fingerprint density at radius 1 is 0.703 bits per heavy atom. The van der Waals surface area contributed by atoms with Crippen molar-refractivity contribution < 1.29 is 4.57 Å². The number of hydrogen-bond acceptors (Lipinski definition) is 0. The summed E-state index contributed by atoms with van der Waals surface area (Å²) in [6.07, 6.45) is 17.2. The van der Waals surface area contributed by atoms with E-state index >= 15 is 0 Å². The van der Waals surface area contributed by atoms with E-state index < -0.39 is 0 Å². The minimum absolute atomic E-state index is 0.0505. The van der Waals surface area contributed by atoms with Crippen LogP contribution in [0.3, 0.4) is 0 Å². The molecule has 4 rings (SSSR count). The van der Waals surface area contributed by atoms with Crippen LogP contribution in [0.25, 0.3) is 5.69 Å². The van der Waals surface area contributed by atoms with Gasteiger partial charge in [-0.25, -0.2) is 4.98 Å². The zero-order valence-corrected chi connectivity index (χ0v) is 22.9. The SMILES string of the molecule is CCCCCCCCCCC(c1[nH]cc[n+]1-c1ccccc1)C(C)(Cc1ccccc1)c1ccccc1. The van der Waals surface area contributed by atoms with Crippen LogP contribution < -0.4 is 4.57 Å². The van der Waals surface area contributed by atoms with Gasteiger partial charge in [0, 0.05) is 5.41 Å². The summed E-state index contributed by atoms with van der Waals surface area (Å²) in [5.41, 5.74) is 3.98. The Kier molecular flexibility index (Phi) is 10.2. The molecule has 0 aliphatic heterocycles. The number of H-pyrrole nitrogens is 1. The van der Waals surface area contributed by atoms with Crippen molar-refractivity contribution in [3.05, 3.63) is 120 Å². The predicted octanol–water partition coefficient (Wildman–Crippen LogP) is 9.11. The van der Waals surface area contributed by atoms with Crippen LogP contribution >= 0.6 is 0 Å². The zero-order valence-electron chi connectivity index (χ0n) is 22.9. The molecule has 0 amide bonds. The Balaban J connectivity index is 1.65. The van der Waals surface area contributed by atoms with Crippen molar-refractivity contribution in [3.63, 3.8) is 0 Å². The van der Waals surface area contributed by atoms with Gasteiger partial charge in [0.25, 0.3) is 5.82 Å². The molecular weight excluding hydrogens is 448 g/mol. The first-order chi connectivity index (χ1) is 18.2. The van der Waals surface area contributed by atoms with Crippen molar-refractivity contribution in [2.75, 3.05) is 0 Å². The lowest BCUT2D eigenvalue weighted by Crippen LogP contribution is -2.42. The number of hydrogen-bond donors (Lipinski definition) is 1. The second-order valence-corrected chi connectivity index (χ2v) is 10.8. The fraction of sp³-hybridized carbons (Fsp3) is 0.400. The monoisotopic (exact) mass is 493 g/mol. The van der Waals surface area contributed by atoms with Crippen LogP contribution in [0.15, 0.2) is 103 Å². The molecule has 3 aromatic carbocycles. The minimum Gasteiger partial charge on any atom is -0.247 e. The van der Waals surface area contributed by atoms with Crippen LogP contribution in [0, 0.1) is 0 Å². The highest BCUT2D eigenvalue weighted by atomic mass is 15.1. The molecule has 1 aromatic heterocycles. The van der Waals surface area contributed by atoms with Crippen molar-refractivity contribution in [2.45, 2.75) is 89.4 Å². The normalized spacial score (nSPS) is 13.8. The summed E-state index contributed by atoms with van der Waals surface area (Å²) in [6.45, 7) is 4.78. The second kappa shape index (κ2) is 14.0. The second-order valence-electron chi connectivity index (χ2n) is 10.8. The maximum Gasteiger partial charge on any atom is 0.263 e. The van der Waals surface area contributed by atoms with Gasteiger partial charge in [-0.1, -0.05) is 144 Å². The maximum atomic E-state index is 3.70. The van der Waals surface area contributed by atoms with Crippen LogP contribution in [0.1, 0.15) is 94.5 Å². The van der Waals surface area contributed by atoms with E-state index in [4.69, 9.17) is 0 Å². The molecule has 4 aromatic rings. The number of rotatable bonds is 15. The van der Waals surface area contributed by atoms with Gasteiger partial charge in [-0.2, -0.15) is 4.57 Å². The molecule has 2 nitrogen and oxygen atoms in total. The molecule has 2 atom stereocenters. The number of nitrogens with zero attached hydrogens (tertiary/aromatic N) is 1. The number of para-hydroxylation sites is 1. The average molecular weight is 494 g/mol. The fourth-order valence-corrected chi connectivity index (χ4v) is 5.93. The van der Waals surface area contributed by atoms with Gasteiger partial charge in [-0.3, -0.25) is 0 Å². The van der Waals surface area contributed by atoms with E-state index in [0.717, 1.165) is 6.42 Å². The Labute approximate surface area is 224 Å². The lowest BCUT2D eigenvalue weighted by atomic mass is 9.66. The number of nitrogens with one attached hydrogen (secondary N) is 1. The summed E-state index contributed by atoms with van der Waals surface area (Å²) >= 11 is 0. The Morgan fingerprint density at radius 3 is 1.92 bits per heavy atom. The van der Waals surface area contributed by atoms with Crippen molar-refractivity contribution >= 4 is 0 Å². The third-order valence-electron chi connectivity index (χ3n) is 8.04.